The number of methoxy groups -OCH3 is 1. The van der Waals surface area contributed by atoms with Crippen molar-refractivity contribution in [3.05, 3.63) is 83.4 Å². The molecule has 0 aliphatic carbocycles. The van der Waals surface area contributed by atoms with Gasteiger partial charge in [0.1, 0.15) is 18.4 Å². The molecule has 138 valence electrons. The fourth-order valence-corrected chi connectivity index (χ4v) is 2.66. The molecule has 1 N–H and O–H groups in total. The van der Waals surface area contributed by atoms with Gasteiger partial charge in [0.2, 0.25) is 5.91 Å². The number of rotatable bonds is 7. The molecule has 0 fully saturated rings. The van der Waals surface area contributed by atoms with Crippen molar-refractivity contribution in [3.8, 4) is 5.75 Å². The lowest BCUT2D eigenvalue weighted by atomic mass is 10.1. The number of hydrogen-bond acceptors (Lipinski definition) is 4. The van der Waals surface area contributed by atoms with Crippen LogP contribution >= 0.6 is 0 Å². The zero-order chi connectivity index (χ0) is 19.1. The molecule has 0 atom stereocenters. The van der Waals surface area contributed by atoms with Crippen LogP contribution in [0.15, 0.2) is 61.2 Å². The Balaban J connectivity index is 1.54. The molecule has 0 radical (unpaired) electrons. The molecule has 6 heteroatoms. The second kappa shape index (κ2) is 8.80. The van der Waals surface area contributed by atoms with Gasteiger partial charge in [0, 0.05) is 18.2 Å². The van der Waals surface area contributed by atoms with E-state index in [-0.39, 0.29) is 5.91 Å². The molecule has 0 bridgehead atoms. The molecule has 1 heterocycles. The molecule has 3 rings (SSSR count). The Morgan fingerprint density at radius 1 is 1.19 bits per heavy atom. The minimum absolute atomic E-state index is 0.148. The Bertz CT molecular complexity index is 916. The van der Waals surface area contributed by atoms with Gasteiger partial charge in [-0.1, -0.05) is 35.9 Å². The van der Waals surface area contributed by atoms with Gasteiger partial charge in [-0.3, -0.25) is 4.79 Å². The molecule has 0 aliphatic heterocycles. The minimum atomic E-state index is -0.148. The average molecular weight is 362 g/mol. The number of amides is 1. The summed E-state index contributed by atoms with van der Waals surface area (Å²) in [7, 11) is 1.62. The highest BCUT2D eigenvalue weighted by molar-refractivity contribution is 5.92. The number of nitrogens with zero attached hydrogens (tertiary/aromatic N) is 3. The van der Waals surface area contributed by atoms with Gasteiger partial charge in [0.15, 0.2) is 0 Å². The van der Waals surface area contributed by atoms with Gasteiger partial charge in [0.05, 0.1) is 13.7 Å². The number of carbonyl (C=O) groups excluding carboxylic acids is 1. The summed E-state index contributed by atoms with van der Waals surface area (Å²) >= 11 is 0. The quantitative estimate of drug-likeness (QED) is 0.656. The lowest BCUT2D eigenvalue weighted by molar-refractivity contribution is -0.116. The predicted octanol–water partition coefficient (Wildman–Crippen LogP) is 2.97. The molecule has 27 heavy (non-hydrogen) atoms. The first-order chi connectivity index (χ1) is 13.1. The van der Waals surface area contributed by atoms with Crippen LogP contribution in [0.3, 0.4) is 0 Å². The van der Waals surface area contributed by atoms with Crippen LogP contribution in [-0.4, -0.2) is 27.8 Å². The number of benzene rings is 2. The molecular weight excluding hydrogens is 340 g/mol. The number of aromatic nitrogens is 3. The molecule has 1 aromatic heterocycles. The Morgan fingerprint density at radius 2 is 1.96 bits per heavy atom. The fourth-order valence-electron chi connectivity index (χ4n) is 2.66. The minimum Gasteiger partial charge on any atom is -0.496 e. The normalized spacial score (nSPS) is 10.9. The maximum atomic E-state index is 12.1. The molecule has 6 nitrogen and oxygen atoms in total. The first-order valence-corrected chi connectivity index (χ1v) is 8.65. The SMILES string of the molecule is COc1ccc(C)cc1/C=C/C(=O)NCc1ccc(Cn2cncn2)cc1. The highest BCUT2D eigenvalue weighted by Crippen LogP contribution is 2.20. The average Bonchev–Trinajstić information content (AvgIpc) is 3.19. The third-order valence-corrected chi connectivity index (χ3v) is 4.10. The van der Waals surface area contributed by atoms with Gasteiger partial charge in [-0.15, -0.1) is 0 Å². The summed E-state index contributed by atoms with van der Waals surface area (Å²) in [5.74, 6) is 0.595. The molecule has 0 unspecified atom stereocenters. The predicted molar refractivity (Wildman–Crippen MR) is 104 cm³/mol. The lowest BCUT2D eigenvalue weighted by Gasteiger charge is -2.06. The van der Waals surface area contributed by atoms with E-state index in [1.165, 1.54) is 12.4 Å². The summed E-state index contributed by atoms with van der Waals surface area (Å²) < 4.78 is 7.08. The third kappa shape index (κ3) is 5.28. The van der Waals surface area contributed by atoms with E-state index in [0.717, 1.165) is 28.0 Å². The largest absolute Gasteiger partial charge is 0.496 e. The van der Waals surface area contributed by atoms with Crippen molar-refractivity contribution in [2.45, 2.75) is 20.0 Å². The Kier molecular flexibility index (Phi) is 5.99. The molecule has 0 saturated heterocycles. The molecule has 0 spiro atoms. The van der Waals surface area contributed by atoms with E-state index in [1.54, 1.807) is 24.2 Å². The van der Waals surface area contributed by atoms with Crippen LogP contribution in [0.4, 0.5) is 0 Å². The smallest absolute Gasteiger partial charge is 0.244 e. The molecular formula is C21H22N4O2. The van der Waals surface area contributed by atoms with Gasteiger partial charge >= 0.3 is 0 Å². The molecule has 2 aromatic carbocycles. The van der Waals surface area contributed by atoms with Gasteiger partial charge in [0.25, 0.3) is 0 Å². The standard InChI is InChI=1S/C21H22N4O2/c1-16-3-9-20(27-2)19(11-16)8-10-21(26)23-12-17-4-6-18(7-5-17)13-25-15-22-14-24-25/h3-11,14-15H,12-13H2,1-2H3,(H,23,26)/b10-8+. The van der Waals surface area contributed by atoms with E-state index in [1.807, 2.05) is 49.4 Å². The van der Waals surface area contributed by atoms with Crippen molar-refractivity contribution in [1.29, 1.82) is 0 Å². The highest BCUT2D eigenvalue weighted by atomic mass is 16.5. The summed E-state index contributed by atoms with van der Waals surface area (Å²) in [5.41, 5.74) is 4.15. The summed E-state index contributed by atoms with van der Waals surface area (Å²) in [6.07, 6.45) is 6.49. The zero-order valence-corrected chi connectivity index (χ0v) is 15.4. The van der Waals surface area contributed by atoms with Crippen molar-refractivity contribution in [2.75, 3.05) is 7.11 Å². The molecule has 0 aliphatic rings. The maximum Gasteiger partial charge on any atom is 0.244 e. The van der Waals surface area contributed by atoms with Crippen LogP contribution in [-0.2, 0) is 17.9 Å². The molecule has 0 saturated carbocycles. The van der Waals surface area contributed by atoms with Crippen LogP contribution in [0.25, 0.3) is 6.08 Å². The summed E-state index contributed by atoms with van der Waals surface area (Å²) in [4.78, 5) is 16.0. The van der Waals surface area contributed by atoms with Crippen molar-refractivity contribution in [3.63, 3.8) is 0 Å². The van der Waals surface area contributed by atoms with Gasteiger partial charge in [-0.2, -0.15) is 5.10 Å². The second-order valence-corrected chi connectivity index (χ2v) is 6.21. The Morgan fingerprint density at radius 3 is 2.67 bits per heavy atom. The van der Waals surface area contributed by atoms with Crippen LogP contribution in [0, 0.1) is 6.92 Å². The summed E-state index contributed by atoms with van der Waals surface area (Å²) in [5, 5.41) is 6.98. The van der Waals surface area contributed by atoms with Crippen LogP contribution in [0.1, 0.15) is 22.3 Å². The number of aryl methyl sites for hydroxylation is 1. The highest BCUT2D eigenvalue weighted by Gasteiger charge is 2.02. The number of ether oxygens (including phenoxy) is 1. The molecule has 1 amide bonds. The topological polar surface area (TPSA) is 69.0 Å². The van der Waals surface area contributed by atoms with Crippen molar-refractivity contribution < 1.29 is 9.53 Å². The van der Waals surface area contributed by atoms with Crippen LogP contribution in [0.2, 0.25) is 0 Å². The van der Waals surface area contributed by atoms with E-state index in [4.69, 9.17) is 4.74 Å². The zero-order valence-electron chi connectivity index (χ0n) is 15.4. The van der Waals surface area contributed by atoms with Gasteiger partial charge in [-0.05, 0) is 36.3 Å². The third-order valence-electron chi connectivity index (χ3n) is 4.10. The van der Waals surface area contributed by atoms with E-state index in [2.05, 4.69) is 15.4 Å². The number of carbonyl (C=O) groups is 1. The van der Waals surface area contributed by atoms with E-state index >= 15 is 0 Å². The van der Waals surface area contributed by atoms with Crippen LogP contribution in [0.5, 0.6) is 5.75 Å². The number of nitrogens with one attached hydrogen (secondary N) is 1. The van der Waals surface area contributed by atoms with Gasteiger partial charge in [-0.25, -0.2) is 9.67 Å². The fraction of sp³-hybridized carbons (Fsp3) is 0.190. The lowest BCUT2D eigenvalue weighted by Crippen LogP contribution is -2.20. The van der Waals surface area contributed by atoms with Crippen molar-refractivity contribution in [2.24, 2.45) is 0 Å². The number of hydrogen-bond donors (Lipinski definition) is 1. The Labute approximate surface area is 158 Å². The van der Waals surface area contributed by atoms with E-state index in [0.29, 0.717) is 13.1 Å². The van der Waals surface area contributed by atoms with Crippen molar-refractivity contribution in [1.82, 2.24) is 20.1 Å². The summed E-state index contributed by atoms with van der Waals surface area (Å²) in [6.45, 7) is 3.15. The molecule has 3 aromatic rings. The van der Waals surface area contributed by atoms with Crippen LogP contribution < -0.4 is 10.1 Å². The maximum absolute atomic E-state index is 12.1. The van der Waals surface area contributed by atoms with E-state index in [9.17, 15) is 4.79 Å². The summed E-state index contributed by atoms with van der Waals surface area (Å²) in [6, 6.07) is 13.9. The monoisotopic (exact) mass is 362 g/mol. The van der Waals surface area contributed by atoms with Gasteiger partial charge < -0.3 is 10.1 Å². The Hall–Kier alpha value is -3.41. The van der Waals surface area contributed by atoms with Crippen molar-refractivity contribution >= 4 is 12.0 Å². The van der Waals surface area contributed by atoms with E-state index < -0.39 is 0 Å². The second-order valence-electron chi connectivity index (χ2n) is 6.21. The first-order valence-electron chi connectivity index (χ1n) is 8.65. The first kappa shape index (κ1) is 18.4.